The summed E-state index contributed by atoms with van der Waals surface area (Å²) in [5, 5.41) is 12.0. The lowest BCUT2D eigenvalue weighted by atomic mass is 10.2. The van der Waals surface area contributed by atoms with E-state index in [1.165, 1.54) is 5.56 Å². The summed E-state index contributed by atoms with van der Waals surface area (Å²) < 4.78 is 19.8. The van der Waals surface area contributed by atoms with E-state index in [9.17, 15) is 4.57 Å². The minimum Gasteiger partial charge on any atom is -0.495 e. The van der Waals surface area contributed by atoms with Gasteiger partial charge in [0.1, 0.15) is 24.5 Å². The molecule has 8 heteroatoms. The van der Waals surface area contributed by atoms with Gasteiger partial charge in [-0.3, -0.25) is 0 Å². The molecule has 0 bridgehead atoms. The van der Waals surface area contributed by atoms with Crippen LogP contribution in [-0.2, 0) is 11.1 Å². The van der Waals surface area contributed by atoms with Gasteiger partial charge in [0, 0.05) is 23.5 Å². The predicted octanol–water partition coefficient (Wildman–Crippen LogP) is 4.65. The molecular formula is C23H26N5O2P. The molecule has 0 spiro atoms. The fourth-order valence-corrected chi connectivity index (χ4v) is 4.17. The number of rotatable bonds is 7. The first kappa shape index (κ1) is 20.9. The third kappa shape index (κ3) is 4.57. The Labute approximate surface area is 181 Å². The van der Waals surface area contributed by atoms with E-state index in [1.54, 1.807) is 31.2 Å². The molecule has 2 heterocycles. The lowest BCUT2D eigenvalue weighted by molar-refractivity contribution is 0.417. The van der Waals surface area contributed by atoms with Gasteiger partial charge in [0.05, 0.1) is 19.0 Å². The zero-order valence-corrected chi connectivity index (χ0v) is 19.0. The van der Waals surface area contributed by atoms with Gasteiger partial charge in [0.2, 0.25) is 0 Å². The van der Waals surface area contributed by atoms with Crippen LogP contribution in [0.5, 0.6) is 5.75 Å². The van der Waals surface area contributed by atoms with Gasteiger partial charge >= 0.3 is 0 Å². The molecular weight excluding hydrogens is 409 g/mol. The van der Waals surface area contributed by atoms with Gasteiger partial charge in [-0.15, -0.1) is 0 Å². The van der Waals surface area contributed by atoms with Crippen molar-refractivity contribution in [2.24, 2.45) is 0 Å². The van der Waals surface area contributed by atoms with Crippen LogP contribution in [0.2, 0.25) is 0 Å². The monoisotopic (exact) mass is 435 g/mol. The van der Waals surface area contributed by atoms with E-state index in [-0.39, 0.29) is 0 Å². The van der Waals surface area contributed by atoms with Crippen LogP contribution in [0, 0.1) is 6.92 Å². The summed E-state index contributed by atoms with van der Waals surface area (Å²) >= 11 is 0. The second-order valence-electron chi connectivity index (χ2n) is 7.79. The third-order valence-electron chi connectivity index (χ3n) is 5.03. The number of nitrogens with one attached hydrogen (secondary N) is 2. The minimum atomic E-state index is -2.38. The number of aromatic nitrogens is 3. The van der Waals surface area contributed by atoms with Crippen LogP contribution in [0.1, 0.15) is 11.1 Å². The lowest BCUT2D eigenvalue weighted by Gasteiger charge is -2.16. The second kappa shape index (κ2) is 8.44. The summed E-state index contributed by atoms with van der Waals surface area (Å²) in [5.74, 6) is 2.10. The van der Waals surface area contributed by atoms with E-state index in [4.69, 9.17) is 9.72 Å². The van der Waals surface area contributed by atoms with Crippen LogP contribution in [0.25, 0.3) is 5.65 Å². The summed E-state index contributed by atoms with van der Waals surface area (Å²) in [5.41, 5.74) is 3.67. The molecule has 0 aliphatic heterocycles. The average Bonchev–Trinajstić information content (AvgIpc) is 3.13. The van der Waals surface area contributed by atoms with Crippen molar-refractivity contribution in [1.29, 1.82) is 0 Å². The standard InChI is InChI=1S/C23H26N5O2P/c1-16-14-25-28-22(24-15-17-8-6-5-7-9-17)13-21(27-23(16)28)26-19-11-10-18(31(3,4)29)12-20(19)30-2/h5-14,24H,15H2,1-4H3,(H,26,27). The highest BCUT2D eigenvalue weighted by Gasteiger charge is 2.16. The number of nitrogens with zero attached hydrogens (tertiary/aromatic N) is 3. The summed E-state index contributed by atoms with van der Waals surface area (Å²) in [4.78, 5) is 4.73. The van der Waals surface area contributed by atoms with Crippen LogP contribution in [0.4, 0.5) is 17.3 Å². The molecule has 7 nitrogen and oxygen atoms in total. The molecule has 2 N–H and O–H groups in total. The van der Waals surface area contributed by atoms with Crippen LogP contribution < -0.4 is 20.7 Å². The molecule has 4 aromatic rings. The number of anilines is 3. The molecule has 160 valence electrons. The Kier molecular flexibility index (Phi) is 5.70. The Hall–Kier alpha value is -3.31. The maximum atomic E-state index is 12.4. The van der Waals surface area contributed by atoms with Crippen molar-refractivity contribution in [2.45, 2.75) is 13.5 Å². The molecule has 0 aliphatic carbocycles. The first-order valence-corrected chi connectivity index (χ1v) is 12.6. The fraction of sp³-hybridized carbons (Fsp3) is 0.217. The zero-order chi connectivity index (χ0) is 22.0. The van der Waals surface area contributed by atoms with Crippen molar-refractivity contribution in [1.82, 2.24) is 14.6 Å². The molecule has 0 saturated heterocycles. The van der Waals surface area contributed by atoms with Crippen LogP contribution >= 0.6 is 7.14 Å². The Morgan fingerprint density at radius 3 is 2.58 bits per heavy atom. The number of ether oxygens (including phenoxy) is 1. The first-order valence-electron chi connectivity index (χ1n) is 9.99. The molecule has 0 saturated carbocycles. The summed E-state index contributed by atoms with van der Waals surface area (Å²) in [6.45, 7) is 6.14. The summed E-state index contributed by atoms with van der Waals surface area (Å²) in [6, 6.07) is 17.7. The van der Waals surface area contributed by atoms with Crippen molar-refractivity contribution in [3.8, 4) is 5.75 Å². The van der Waals surface area contributed by atoms with Crippen molar-refractivity contribution >= 4 is 35.4 Å². The second-order valence-corrected chi connectivity index (χ2v) is 11.0. The SMILES string of the molecule is COc1cc(P(C)(C)=O)ccc1Nc1cc(NCc2ccccc2)n2ncc(C)c2n1. The van der Waals surface area contributed by atoms with Crippen molar-refractivity contribution in [3.63, 3.8) is 0 Å². The number of methoxy groups -OCH3 is 1. The van der Waals surface area contributed by atoms with Gasteiger partial charge in [-0.2, -0.15) is 9.61 Å². The Morgan fingerprint density at radius 1 is 1.10 bits per heavy atom. The highest BCUT2D eigenvalue weighted by atomic mass is 31.2. The third-order valence-corrected chi connectivity index (χ3v) is 6.56. The van der Waals surface area contributed by atoms with Crippen molar-refractivity contribution < 1.29 is 9.30 Å². The van der Waals surface area contributed by atoms with Crippen molar-refractivity contribution in [3.05, 3.63) is 71.9 Å². The molecule has 2 aromatic carbocycles. The minimum absolute atomic E-state index is 0.618. The van der Waals surface area contributed by atoms with Gasteiger partial charge in [0.15, 0.2) is 5.65 Å². The van der Waals surface area contributed by atoms with E-state index in [0.29, 0.717) is 18.1 Å². The van der Waals surface area contributed by atoms with Gasteiger partial charge in [-0.1, -0.05) is 30.3 Å². The molecule has 0 amide bonds. The molecule has 0 radical (unpaired) electrons. The summed E-state index contributed by atoms with van der Waals surface area (Å²) in [6.07, 6.45) is 1.80. The highest BCUT2D eigenvalue weighted by molar-refractivity contribution is 7.70. The Balaban J connectivity index is 1.68. The Morgan fingerprint density at radius 2 is 1.87 bits per heavy atom. The van der Waals surface area contributed by atoms with E-state index in [0.717, 1.165) is 28.0 Å². The normalized spacial score (nSPS) is 11.5. The topological polar surface area (TPSA) is 80.5 Å². The number of hydrogen-bond acceptors (Lipinski definition) is 6. The molecule has 0 atom stereocenters. The fourth-order valence-electron chi connectivity index (χ4n) is 3.31. The van der Waals surface area contributed by atoms with Gasteiger partial charge in [-0.25, -0.2) is 4.98 Å². The molecule has 0 unspecified atom stereocenters. The molecule has 31 heavy (non-hydrogen) atoms. The Bertz CT molecular complexity index is 1260. The van der Waals surface area contributed by atoms with Gasteiger partial charge in [-0.05, 0) is 44.0 Å². The largest absolute Gasteiger partial charge is 0.495 e. The number of fused-ring (bicyclic) bond motifs is 1. The van der Waals surface area contributed by atoms with Gasteiger partial charge < -0.3 is 19.9 Å². The van der Waals surface area contributed by atoms with Crippen LogP contribution in [0.15, 0.2) is 60.8 Å². The van der Waals surface area contributed by atoms with E-state index in [2.05, 4.69) is 27.9 Å². The lowest BCUT2D eigenvalue weighted by Crippen LogP contribution is -2.09. The van der Waals surface area contributed by atoms with E-state index in [1.807, 2.05) is 49.4 Å². The van der Waals surface area contributed by atoms with Crippen molar-refractivity contribution in [2.75, 3.05) is 31.1 Å². The number of benzene rings is 2. The smallest absolute Gasteiger partial charge is 0.162 e. The zero-order valence-electron chi connectivity index (χ0n) is 18.1. The number of hydrogen-bond donors (Lipinski definition) is 2. The maximum Gasteiger partial charge on any atom is 0.162 e. The van der Waals surface area contributed by atoms with Crippen LogP contribution in [0.3, 0.4) is 0 Å². The average molecular weight is 435 g/mol. The predicted molar refractivity (Wildman–Crippen MR) is 127 cm³/mol. The molecule has 0 fully saturated rings. The highest BCUT2D eigenvalue weighted by Crippen LogP contribution is 2.38. The van der Waals surface area contributed by atoms with Crippen LogP contribution in [-0.4, -0.2) is 35.0 Å². The van der Waals surface area contributed by atoms with E-state index < -0.39 is 7.14 Å². The maximum absolute atomic E-state index is 12.4. The quantitative estimate of drug-likeness (QED) is 0.412. The summed E-state index contributed by atoms with van der Waals surface area (Å²) in [7, 11) is -0.780. The number of aryl methyl sites for hydroxylation is 1. The first-order chi connectivity index (χ1) is 14.8. The van der Waals surface area contributed by atoms with E-state index >= 15 is 0 Å². The molecule has 2 aromatic heterocycles. The van der Waals surface area contributed by atoms with Gasteiger partial charge in [0.25, 0.3) is 0 Å². The molecule has 4 rings (SSSR count). The molecule has 0 aliphatic rings.